The van der Waals surface area contributed by atoms with Gasteiger partial charge in [0.2, 0.25) is 0 Å². The summed E-state index contributed by atoms with van der Waals surface area (Å²) in [6.07, 6.45) is 1.56. The van der Waals surface area contributed by atoms with Crippen molar-refractivity contribution in [1.29, 1.82) is 0 Å². The molecule has 3 N–H and O–H groups in total. The maximum absolute atomic E-state index is 12.6. The van der Waals surface area contributed by atoms with Gasteiger partial charge in [-0.3, -0.25) is 14.5 Å². The predicted octanol–water partition coefficient (Wildman–Crippen LogP) is 1.98. The summed E-state index contributed by atoms with van der Waals surface area (Å²) in [6, 6.07) is 14.1. The van der Waals surface area contributed by atoms with Crippen LogP contribution in [0.2, 0.25) is 0 Å². The number of anilines is 1. The maximum atomic E-state index is 12.6. The summed E-state index contributed by atoms with van der Waals surface area (Å²) < 4.78 is 1.78. The first-order valence-electron chi connectivity index (χ1n) is 9.97. The van der Waals surface area contributed by atoms with Crippen LogP contribution in [0.4, 0.5) is 5.69 Å². The molecule has 152 valence electrons. The van der Waals surface area contributed by atoms with Gasteiger partial charge in [-0.15, -0.1) is 0 Å². The number of hydrazine groups is 1. The van der Waals surface area contributed by atoms with Crippen LogP contribution >= 0.6 is 0 Å². The standard InChI is InChI=1S/C22H23N7O/c1-23-10-13-6-8-14(9-7-13)20-19(22-25-12-26-29(22)2)21-18-15(17(30)11-24-21)4-3-5-16(18)27-28-20/h3-9,12,19-20,23,27-28H,10-11H2,1-2H3. The topological polar surface area (TPSA) is 96.2 Å². The molecule has 0 radical (unpaired) electrons. The van der Waals surface area contributed by atoms with Gasteiger partial charge in [-0.2, -0.15) is 5.10 Å². The van der Waals surface area contributed by atoms with Crippen molar-refractivity contribution >= 4 is 17.2 Å². The third-order valence-corrected chi connectivity index (χ3v) is 5.75. The lowest BCUT2D eigenvalue weighted by Gasteiger charge is -2.28. The van der Waals surface area contributed by atoms with Gasteiger partial charge in [0.05, 0.1) is 23.4 Å². The molecule has 8 heteroatoms. The number of aryl methyl sites for hydroxylation is 1. The first-order valence-corrected chi connectivity index (χ1v) is 9.97. The Labute approximate surface area is 174 Å². The number of nitrogens with zero attached hydrogens (tertiary/aromatic N) is 4. The van der Waals surface area contributed by atoms with E-state index in [1.807, 2.05) is 32.3 Å². The minimum Gasteiger partial charge on any atom is -0.320 e. The molecule has 2 aromatic carbocycles. The molecule has 0 saturated carbocycles. The predicted molar refractivity (Wildman–Crippen MR) is 115 cm³/mol. The molecule has 2 aliphatic rings. The zero-order valence-electron chi connectivity index (χ0n) is 16.9. The van der Waals surface area contributed by atoms with Crippen LogP contribution in [0.1, 0.15) is 44.8 Å². The number of Topliss-reactive ketones (excluding diaryl/α,β-unsaturated/α-hetero) is 1. The first kappa shape index (κ1) is 18.7. The van der Waals surface area contributed by atoms with E-state index in [-0.39, 0.29) is 24.3 Å². The van der Waals surface area contributed by atoms with Crippen molar-refractivity contribution < 1.29 is 4.79 Å². The Morgan fingerprint density at radius 3 is 2.77 bits per heavy atom. The zero-order chi connectivity index (χ0) is 20.7. The highest BCUT2D eigenvalue weighted by Crippen LogP contribution is 2.40. The van der Waals surface area contributed by atoms with E-state index in [1.54, 1.807) is 11.0 Å². The second-order valence-corrected chi connectivity index (χ2v) is 7.59. The molecule has 1 aromatic heterocycles. The first-order chi connectivity index (χ1) is 14.7. The zero-order valence-corrected chi connectivity index (χ0v) is 16.9. The number of aromatic nitrogens is 3. The van der Waals surface area contributed by atoms with Crippen LogP contribution in [0.5, 0.6) is 0 Å². The number of hydrogen-bond acceptors (Lipinski definition) is 7. The smallest absolute Gasteiger partial charge is 0.184 e. The Hall–Kier alpha value is -3.36. The van der Waals surface area contributed by atoms with Crippen molar-refractivity contribution in [3.8, 4) is 0 Å². The van der Waals surface area contributed by atoms with E-state index >= 15 is 0 Å². The molecule has 0 aliphatic carbocycles. The summed E-state index contributed by atoms with van der Waals surface area (Å²) in [4.78, 5) is 21.8. The number of carbonyl (C=O) groups excluding carboxylic acids is 1. The lowest BCUT2D eigenvalue weighted by atomic mass is 9.82. The van der Waals surface area contributed by atoms with Crippen LogP contribution in [-0.2, 0) is 13.6 Å². The molecule has 0 saturated heterocycles. The van der Waals surface area contributed by atoms with Gasteiger partial charge in [-0.1, -0.05) is 36.4 Å². The van der Waals surface area contributed by atoms with Gasteiger partial charge in [0, 0.05) is 24.7 Å². The number of nitrogens with one attached hydrogen (secondary N) is 3. The van der Waals surface area contributed by atoms with Crippen LogP contribution in [0.15, 0.2) is 53.8 Å². The van der Waals surface area contributed by atoms with Crippen molar-refractivity contribution in [2.45, 2.75) is 18.5 Å². The quantitative estimate of drug-likeness (QED) is 0.619. The monoisotopic (exact) mass is 401 g/mol. The average Bonchev–Trinajstić information content (AvgIpc) is 3.11. The Morgan fingerprint density at radius 2 is 2.03 bits per heavy atom. The molecule has 0 amide bonds. The molecular weight excluding hydrogens is 378 g/mol. The normalized spacial score (nSPS) is 20.2. The number of carbonyl (C=O) groups is 1. The Balaban J connectivity index is 1.67. The van der Waals surface area contributed by atoms with Gasteiger partial charge < -0.3 is 10.7 Å². The van der Waals surface area contributed by atoms with Gasteiger partial charge in [-0.05, 0) is 24.2 Å². The van der Waals surface area contributed by atoms with Gasteiger partial charge in [0.1, 0.15) is 18.7 Å². The lowest BCUT2D eigenvalue weighted by Crippen LogP contribution is -2.34. The largest absolute Gasteiger partial charge is 0.320 e. The Bertz CT molecular complexity index is 1130. The average molecular weight is 401 g/mol. The second-order valence-electron chi connectivity index (χ2n) is 7.59. The van der Waals surface area contributed by atoms with Gasteiger partial charge in [0.25, 0.3) is 0 Å². The van der Waals surface area contributed by atoms with Crippen LogP contribution in [0.25, 0.3) is 0 Å². The van der Waals surface area contributed by atoms with Crippen LogP contribution in [0.3, 0.4) is 0 Å². The molecule has 0 spiro atoms. The summed E-state index contributed by atoms with van der Waals surface area (Å²) in [5.41, 5.74) is 12.4. The van der Waals surface area contributed by atoms with E-state index in [9.17, 15) is 4.79 Å². The summed E-state index contributed by atoms with van der Waals surface area (Å²) in [5, 5.41) is 7.47. The van der Waals surface area contributed by atoms with Crippen molar-refractivity contribution in [3.63, 3.8) is 0 Å². The van der Waals surface area contributed by atoms with Crippen LogP contribution in [-0.4, -0.2) is 39.9 Å². The number of aliphatic imine (C=N–C) groups is 1. The van der Waals surface area contributed by atoms with Crippen LogP contribution in [0, 0.1) is 0 Å². The maximum Gasteiger partial charge on any atom is 0.184 e. The molecule has 30 heavy (non-hydrogen) atoms. The summed E-state index contributed by atoms with van der Waals surface area (Å²) in [7, 11) is 3.82. The van der Waals surface area contributed by atoms with Crippen molar-refractivity contribution in [2.24, 2.45) is 12.0 Å². The SMILES string of the molecule is CNCc1ccc(C2NNc3cccc4c3C(=NCC4=O)C2c2ncnn2C)cc1. The molecule has 0 fully saturated rings. The highest BCUT2D eigenvalue weighted by Gasteiger charge is 2.39. The molecule has 5 rings (SSSR count). The van der Waals surface area contributed by atoms with Crippen molar-refractivity contribution in [2.75, 3.05) is 19.0 Å². The summed E-state index contributed by atoms with van der Waals surface area (Å²) in [6.45, 7) is 0.959. The molecule has 3 heterocycles. The van der Waals surface area contributed by atoms with E-state index in [4.69, 9.17) is 4.99 Å². The molecule has 2 aliphatic heterocycles. The third-order valence-electron chi connectivity index (χ3n) is 5.75. The van der Waals surface area contributed by atoms with E-state index < -0.39 is 0 Å². The fourth-order valence-corrected chi connectivity index (χ4v) is 4.32. The van der Waals surface area contributed by atoms with Gasteiger partial charge >= 0.3 is 0 Å². The number of ketones is 1. The van der Waals surface area contributed by atoms with Gasteiger partial charge in [-0.25, -0.2) is 10.4 Å². The van der Waals surface area contributed by atoms with Crippen molar-refractivity contribution in [3.05, 3.63) is 76.9 Å². The highest BCUT2D eigenvalue weighted by molar-refractivity contribution is 6.20. The van der Waals surface area contributed by atoms with Crippen molar-refractivity contribution in [1.82, 2.24) is 25.5 Å². The van der Waals surface area contributed by atoms with Gasteiger partial charge in [0.15, 0.2) is 5.78 Å². The number of benzene rings is 2. The molecule has 2 unspecified atom stereocenters. The highest BCUT2D eigenvalue weighted by atomic mass is 16.1. The molecule has 2 atom stereocenters. The lowest BCUT2D eigenvalue weighted by molar-refractivity contribution is 0.1000. The fourth-order valence-electron chi connectivity index (χ4n) is 4.32. The van der Waals surface area contributed by atoms with E-state index in [2.05, 4.69) is 50.5 Å². The Kier molecular flexibility index (Phi) is 4.65. The molecular formula is C22H23N7O. The third kappa shape index (κ3) is 3.01. The van der Waals surface area contributed by atoms with E-state index in [0.29, 0.717) is 5.56 Å². The number of hydrogen-bond donors (Lipinski definition) is 3. The minimum absolute atomic E-state index is 0.0315. The molecule has 3 aromatic rings. The fraction of sp³-hybridized carbons (Fsp3) is 0.273. The van der Waals surface area contributed by atoms with E-state index in [1.165, 1.54) is 5.56 Å². The minimum atomic E-state index is -0.212. The summed E-state index contributed by atoms with van der Waals surface area (Å²) >= 11 is 0. The Morgan fingerprint density at radius 1 is 1.20 bits per heavy atom. The molecule has 0 bridgehead atoms. The summed E-state index contributed by atoms with van der Waals surface area (Å²) in [5.74, 6) is 0.615. The number of rotatable bonds is 4. The molecule has 8 nitrogen and oxygen atoms in total. The van der Waals surface area contributed by atoms with E-state index in [0.717, 1.165) is 34.9 Å². The second kappa shape index (κ2) is 7.47. The van der Waals surface area contributed by atoms with Crippen LogP contribution < -0.4 is 16.2 Å².